The Kier molecular flexibility index (Phi) is 7.63. The van der Waals surface area contributed by atoms with Gasteiger partial charge in [-0.1, -0.05) is 25.7 Å². The number of hydrogen-bond donors (Lipinski definition) is 2. The van der Waals surface area contributed by atoms with Gasteiger partial charge in [0.25, 0.3) is 5.91 Å². The first-order valence-corrected chi connectivity index (χ1v) is 14.3. The van der Waals surface area contributed by atoms with Gasteiger partial charge in [0.2, 0.25) is 0 Å². The van der Waals surface area contributed by atoms with E-state index in [4.69, 9.17) is 0 Å². The summed E-state index contributed by atoms with van der Waals surface area (Å²) in [6.45, 7) is 3.58. The third-order valence-corrected chi connectivity index (χ3v) is 9.70. The molecule has 2 N–H and O–H groups in total. The molecule has 1 unspecified atom stereocenters. The normalized spacial score (nSPS) is 24.1. The lowest BCUT2D eigenvalue weighted by atomic mass is 9.54. The first-order chi connectivity index (χ1) is 16.2. The highest BCUT2D eigenvalue weighted by atomic mass is 32.2. The molecule has 1 aromatic rings. The van der Waals surface area contributed by atoms with Gasteiger partial charge < -0.3 is 15.5 Å². The van der Waals surface area contributed by atoms with E-state index in [1.54, 1.807) is 11.8 Å². The predicted octanol–water partition coefficient (Wildman–Crippen LogP) is 5.50. The number of benzene rings is 1. The van der Waals surface area contributed by atoms with Crippen LogP contribution in [0.1, 0.15) is 93.0 Å². The van der Waals surface area contributed by atoms with Crippen molar-refractivity contribution < 1.29 is 9.18 Å². The fraction of sp³-hybridized carbons (Fsp3) is 0.741. The Morgan fingerprint density at radius 1 is 1.12 bits per heavy atom. The fourth-order valence-corrected chi connectivity index (χ4v) is 7.44. The number of piperidine rings is 1. The Morgan fingerprint density at radius 2 is 1.94 bits per heavy atom. The minimum atomic E-state index is -0.357. The third-order valence-electron chi connectivity index (χ3n) is 8.52. The molecule has 2 aliphatic carbocycles. The molecule has 182 valence electrons. The summed E-state index contributed by atoms with van der Waals surface area (Å²) >= 11 is 1.80. The maximum atomic E-state index is 14.5. The summed E-state index contributed by atoms with van der Waals surface area (Å²) in [6, 6.07) is 4.36. The zero-order valence-electron chi connectivity index (χ0n) is 20.0. The summed E-state index contributed by atoms with van der Waals surface area (Å²) in [4.78, 5) is 15.9. The van der Waals surface area contributed by atoms with Crippen molar-refractivity contribution in [2.45, 2.75) is 101 Å². The van der Waals surface area contributed by atoms with E-state index in [-0.39, 0.29) is 17.8 Å². The predicted molar refractivity (Wildman–Crippen MR) is 133 cm³/mol. The van der Waals surface area contributed by atoms with Crippen LogP contribution in [-0.4, -0.2) is 48.3 Å². The summed E-state index contributed by atoms with van der Waals surface area (Å²) in [5.74, 6) is 0.570. The number of halogens is 1. The lowest BCUT2D eigenvalue weighted by Gasteiger charge is -2.54. The highest BCUT2D eigenvalue weighted by Gasteiger charge is 2.47. The maximum Gasteiger partial charge on any atom is 0.257 e. The van der Waals surface area contributed by atoms with E-state index in [1.807, 2.05) is 11.0 Å². The van der Waals surface area contributed by atoms with Crippen LogP contribution in [0.5, 0.6) is 0 Å². The Morgan fingerprint density at radius 3 is 2.70 bits per heavy atom. The molecule has 3 fully saturated rings. The lowest BCUT2D eigenvalue weighted by molar-refractivity contribution is -0.00195. The Bertz CT molecular complexity index is 829. The van der Waals surface area contributed by atoms with E-state index in [0.717, 1.165) is 53.6 Å². The minimum absolute atomic E-state index is 0.114. The van der Waals surface area contributed by atoms with Crippen molar-refractivity contribution >= 4 is 17.7 Å². The molecule has 2 heterocycles. The molecule has 4 aliphatic rings. The number of unbranched alkanes of at least 4 members (excludes halogenated alkanes) is 4. The average Bonchev–Trinajstić information content (AvgIpc) is 3.12. The minimum Gasteiger partial charge on any atom is -0.330 e. The number of carbonyl (C=O) groups excluding carboxylic acids is 1. The molecule has 1 saturated heterocycles. The SMILES string of the molecule is O=C1c2c(F)ccc(SCCCCCCCNC3CC4(CCC4)C3)c2CN1C1CCCNC1. The second-order valence-electron chi connectivity index (χ2n) is 10.9. The van der Waals surface area contributed by atoms with Crippen LogP contribution in [0.3, 0.4) is 0 Å². The quantitative estimate of drug-likeness (QED) is 0.329. The first kappa shape index (κ1) is 23.6. The lowest BCUT2D eigenvalue weighted by Crippen LogP contribution is -2.52. The molecule has 0 radical (unpaired) electrons. The number of rotatable bonds is 11. The topological polar surface area (TPSA) is 44.4 Å². The highest BCUT2D eigenvalue weighted by molar-refractivity contribution is 7.99. The summed E-state index contributed by atoms with van der Waals surface area (Å²) in [5.41, 5.74) is 2.02. The Balaban J connectivity index is 0.986. The van der Waals surface area contributed by atoms with Gasteiger partial charge in [-0.3, -0.25) is 4.79 Å². The summed E-state index contributed by atoms with van der Waals surface area (Å²) in [6.07, 6.45) is 15.7. The monoisotopic (exact) mass is 473 g/mol. The molecule has 0 aromatic heterocycles. The van der Waals surface area contributed by atoms with Crippen molar-refractivity contribution in [1.29, 1.82) is 0 Å². The summed E-state index contributed by atoms with van der Waals surface area (Å²) in [5, 5.41) is 7.13. The van der Waals surface area contributed by atoms with E-state index in [2.05, 4.69) is 10.6 Å². The first-order valence-electron chi connectivity index (χ1n) is 13.3. The van der Waals surface area contributed by atoms with Gasteiger partial charge in [-0.15, -0.1) is 11.8 Å². The zero-order valence-corrected chi connectivity index (χ0v) is 20.8. The van der Waals surface area contributed by atoms with Crippen LogP contribution in [0.4, 0.5) is 4.39 Å². The number of nitrogens with one attached hydrogen (secondary N) is 2. The number of thioether (sulfide) groups is 1. The van der Waals surface area contributed by atoms with Gasteiger partial charge in [0.15, 0.2) is 0 Å². The third kappa shape index (κ3) is 5.28. The van der Waals surface area contributed by atoms with Gasteiger partial charge in [-0.25, -0.2) is 4.39 Å². The highest BCUT2D eigenvalue weighted by Crippen LogP contribution is 2.55. The van der Waals surface area contributed by atoms with Crippen molar-refractivity contribution in [3.8, 4) is 0 Å². The van der Waals surface area contributed by atoms with Crippen LogP contribution in [0, 0.1) is 11.2 Å². The molecule has 5 rings (SSSR count). The van der Waals surface area contributed by atoms with Crippen LogP contribution in [0.2, 0.25) is 0 Å². The maximum absolute atomic E-state index is 14.5. The van der Waals surface area contributed by atoms with Gasteiger partial charge in [-0.05, 0) is 87.8 Å². The fourth-order valence-electron chi connectivity index (χ4n) is 6.36. The molecule has 6 heteroatoms. The average molecular weight is 474 g/mol. The van der Waals surface area contributed by atoms with Crippen LogP contribution in [-0.2, 0) is 6.54 Å². The van der Waals surface area contributed by atoms with Gasteiger partial charge in [0.1, 0.15) is 5.82 Å². The molecule has 1 aromatic carbocycles. The van der Waals surface area contributed by atoms with Crippen LogP contribution in [0.25, 0.3) is 0 Å². The number of amides is 1. The van der Waals surface area contributed by atoms with Crippen molar-refractivity contribution in [2.24, 2.45) is 5.41 Å². The van der Waals surface area contributed by atoms with Gasteiger partial charge in [0, 0.05) is 35.6 Å². The van der Waals surface area contributed by atoms with Crippen molar-refractivity contribution in [3.63, 3.8) is 0 Å². The largest absolute Gasteiger partial charge is 0.330 e. The molecular weight excluding hydrogens is 433 g/mol. The number of fused-ring (bicyclic) bond motifs is 1. The number of carbonyl (C=O) groups is 1. The summed E-state index contributed by atoms with van der Waals surface area (Å²) < 4.78 is 14.5. The second kappa shape index (κ2) is 10.7. The zero-order chi connectivity index (χ0) is 22.7. The molecule has 1 atom stereocenters. The Hall–Kier alpha value is -1.11. The van der Waals surface area contributed by atoms with Gasteiger partial charge in [0.05, 0.1) is 5.56 Å². The number of nitrogens with zero attached hydrogens (tertiary/aromatic N) is 1. The molecule has 1 spiro atoms. The van der Waals surface area contributed by atoms with Crippen molar-refractivity contribution in [1.82, 2.24) is 15.5 Å². The van der Waals surface area contributed by atoms with E-state index < -0.39 is 0 Å². The molecule has 33 heavy (non-hydrogen) atoms. The molecule has 2 saturated carbocycles. The summed E-state index contributed by atoms with van der Waals surface area (Å²) in [7, 11) is 0. The standard InChI is InChI=1S/C27H40FN3OS/c28-23-9-10-24(22-19-31(26(32)25(22)23)21-8-6-13-29-18-21)33-15-5-3-1-2-4-14-30-20-16-27(17-20)11-7-12-27/h9-10,20-21,29-30H,1-8,11-19H2. The smallest absolute Gasteiger partial charge is 0.257 e. The van der Waals surface area contributed by atoms with Gasteiger partial charge in [-0.2, -0.15) is 0 Å². The molecule has 4 nitrogen and oxygen atoms in total. The Labute approximate surface area is 202 Å². The van der Waals surface area contributed by atoms with Crippen molar-refractivity contribution in [3.05, 3.63) is 29.1 Å². The molecule has 2 aliphatic heterocycles. The van der Waals surface area contributed by atoms with E-state index in [9.17, 15) is 9.18 Å². The van der Waals surface area contributed by atoms with Gasteiger partial charge >= 0.3 is 0 Å². The molecular formula is C27H40FN3OS. The molecule has 1 amide bonds. The second-order valence-corrected chi connectivity index (χ2v) is 12.0. The van der Waals surface area contributed by atoms with E-state index >= 15 is 0 Å². The van der Waals surface area contributed by atoms with Crippen molar-refractivity contribution in [2.75, 3.05) is 25.4 Å². The molecule has 0 bridgehead atoms. The van der Waals surface area contributed by atoms with E-state index in [0.29, 0.717) is 12.1 Å². The van der Waals surface area contributed by atoms with E-state index in [1.165, 1.54) is 76.8 Å². The van der Waals surface area contributed by atoms with Crippen LogP contribution >= 0.6 is 11.8 Å². The van der Waals surface area contributed by atoms with Crippen LogP contribution in [0.15, 0.2) is 17.0 Å². The van der Waals surface area contributed by atoms with Crippen LogP contribution < -0.4 is 10.6 Å². The number of hydrogen-bond acceptors (Lipinski definition) is 4.